The zero-order chi connectivity index (χ0) is 20.4. The average Bonchev–Trinajstić information content (AvgIpc) is 3.12. The number of benzene rings is 2. The van der Waals surface area contributed by atoms with E-state index in [-0.39, 0.29) is 40.5 Å². The van der Waals surface area contributed by atoms with Gasteiger partial charge in [-0.15, -0.1) is 0 Å². The van der Waals surface area contributed by atoms with Crippen molar-refractivity contribution in [1.82, 2.24) is 19.7 Å². The Balaban J connectivity index is 0.00000218. The summed E-state index contributed by atoms with van der Waals surface area (Å²) in [5.41, 5.74) is 3.44. The Labute approximate surface area is 193 Å². The van der Waals surface area contributed by atoms with Gasteiger partial charge in [0.15, 0.2) is 5.82 Å². The number of aryl methyl sites for hydroxylation is 1. The Hall–Kier alpha value is -2.09. The van der Waals surface area contributed by atoms with E-state index in [2.05, 4.69) is 22.0 Å². The molecule has 1 saturated carbocycles. The summed E-state index contributed by atoms with van der Waals surface area (Å²) >= 11 is 0. The van der Waals surface area contributed by atoms with Gasteiger partial charge in [0.2, 0.25) is 0 Å². The zero-order valence-electron chi connectivity index (χ0n) is 16.0. The van der Waals surface area contributed by atoms with Crippen molar-refractivity contribution >= 4 is 40.6 Å². The van der Waals surface area contributed by atoms with Gasteiger partial charge in [0.25, 0.3) is 0 Å². The molecule has 1 aliphatic carbocycles. The number of hydrogen-bond acceptors (Lipinski definition) is 2. The molecule has 0 spiro atoms. The van der Waals surface area contributed by atoms with Gasteiger partial charge in [-0.05, 0) is 48.2 Å². The summed E-state index contributed by atoms with van der Waals surface area (Å²) in [6, 6.07) is 12.8. The molecule has 0 radical (unpaired) electrons. The van der Waals surface area contributed by atoms with E-state index in [9.17, 15) is 13.2 Å². The summed E-state index contributed by atoms with van der Waals surface area (Å²) in [6.45, 7) is 2.20. The predicted octanol–water partition coefficient (Wildman–Crippen LogP) is 5.05. The van der Waals surface area contributed by atoms with E-state index in [1.807, 2.05) is 13.1 Å². The second-order valence-corrected chi connectivity index (χ2v) is 7.96. The van der Waals surface area contributed by atoms with E-state index in [4.69, 9.17) is 0 Å². The minimum atomic E-state index is -4.41. The molecule has 1 aliphatic rings. The average molecular weight is 420 g/mol. The number of nitrogens with one attached hydrogen (secondary N) is 1. The number of nitrogens with zero attached hydrogens (tertiary/aromatic N) is 3. The summed E-state index contributed by atoms with van der Waals surface area (Å²) in [5, 5.41) is 4.63. The van der Waals surface area contributed by atoms with Crippen LogP contribution in [-0.4, -0.2) is 49.3 Å². The van der Waals surface area contributed by atoms with Crippen LogP contribution in [-0.2, 0) is 18.6 Å². The molecule has 4 nitrogen and oxygen atoms in total. The number of fused-ring (bicyclic) bond motifs is 1. The van der Waals surface area contributed by atoms with Gasteiger partial charge in [-0.2, -0.15) is 18.3 Å². The van der Waals surface area contributed by atoms with Crippen molar-refractivity contribution in [2.45, 2.75) is 31.4 Å². The molecular weight excluding hydrogens is 400 g/mol. The van der Waals surface area contributed by atoms with Gasteiger partial charge in [0.05, 0.1) is 22.3 Å². The maximum atomic E-state index is 13.4. The Morgan fingerprint density at radius 1 is 1.07 bits per heavy atom. The standard InChI is InChI=1S/C22H19F3N4.Na.H/c1-21(9-10-21)19-12-18(29(2)28-19)20-26-16-8-7-13(11-17(16)27-20)14-5-3-4-6-15(14)22(23,24)25;;/h3-8,11-12H,9-10H2,1-2H3,(H,26,27);;. The van der Waals surface area contributed by atoms with Gasteiger partial charge < -0.3 is 4.98 Å². The molecule has 5 rings (SSSR count). The first kappa shape index (κ1) is 21.2. The van der Waals surface area contributed by atoms with E-state index < -0.39 is 11.7 Å². The van der Waals surface area contributed by atoms with Crippen LogP contribution < -0.4 is 0 Å². The second-order valence-electron chi connectivity index (χ2n) is 7.96. The summed E-state index contributed by atoms with van der Waals surface area (Å²) in [5.74, 6) is 0.659. The van der Waals surface area contributed by atoms with Crippen LogP contribution in [0.1, 0.15) is 31.0 Å². The van der Waals surface area contributed by atoms with E-state index in [1.165, 1.54) is 12.1 Å². The maximum absolute atomic E-state index is 13.4. The Kier molecular flexibility index (Phi) is 5.11. The van der Waals surface area contributed by atoms with Crippen molar-refractivity contribution in [3.63, 3.8) is 0 Å². The van der Waals surface area contributed by atoms with E-state index in [1.54, 1.807) is 28.9 Å². The molecule has 0 bridgehead atoms. The van der Waals surface area contributed by atoms with E-state index in [0.29, 0.717) is 16.9 Å². The molecule has 2 aromatic heterocycles. The molecule has 1 fully saturated rings. The first-order valence-electron chi connectivity index (χ1n) is 9.46. The number of aromatic amines is 1. The van der Waals surface area contributed by atoms with Crippen LogP contribution in [0, 0.1) is 0 Å². The molecular formula is C22H20F3N4Na. The number of halogens is 3. The van der Waals surface area contributed by atoms with Crippen molar-refractivity contribution in [3.8, 4) is 22.6 Å². The fourth-order valence-corrected chi connectivity index (χ4v) is 3.70. The van der Waals surface area contributed by atoms with Crippen LogP contribution in [0.25, 0.3) is 33.7 Å². The summed E-state index contributed by atoms with van der Waals surface area (Å²) in [6.07, 6.45) is -2.15. The quantitative estimate of drug-likeness (QED) is 0.472. The third-order valence-electron chi connectivity index (χ3n) is 5.77. The second kappa shape index (κ2) is 7.25. The molecule has 0 aliphatic heterocycles. The molecule has 0 saturated heterocycles. The van der Waals surface area contributed by atoms with Gasteiger partial charge in [0, 0.05) is 12.5 Å². The zero-order valence-corrected chi connectivity index (χ0v) is 16.0. The molecule has 1 N–H and O–H groups in total. The number of hydrogen-bond donors (Lipinski definition) is 1. The number of H-pyrrole nitrogens is 1. The van der Waals surface area contributed by atoms with Crippen molar-refractivity contribution in [3.05, 3.63) is 59.8 Å². The van der Waals surface area contributed by atoms with Gasteiger partial charge in [-0.3, -0.25) is 4.68 Å². The number of aromatic nitrogens is 4. The predicted molar refractivity (Wildman–Crippen MR) is 112 cm³/mol. The van der Waals surface area contributed by atoms with Crippen LogP contribution in [0.15, 0.2) is 48.5 Å². The van der Waals surface area contributed by atoms with Crippen LogP contribution >= 0.6 is 0 Å². The summed E-state index contributed by atoms with van der Waals surface area (Å²) in [7, 11) is 1.88. The molecule has 0 atom stereocenters. The van der Waals surface area contributed by atoms with Crippen molar-refractivity contribution in [2.75, 3.05) is 0 Å². The van der Waals surface area contributed by atoms with Crippen LogP contribution in [0.4, 0.5) is 13.2 Å². The Morgan fingerprint density at radius 3 is 2.50 bits per heavy atom. The molecule has 4 aromatic rings. The molecule has 30 heavy (non-hydrogen) atoms. The van der Waals surface area contributed by atoms with Crippen LogP contribution in [0.3, 0.4) is 0 Å². The Morgan fingerprint density at radius 2 is 1.80 bits per heavy atom. The normalized spacial score (nSPS) is 15.2. The number of rotatable bonds is 3. The van der Waals surface area contributed by atoms with E-state index >= 15 is 0 Å². The monoisotopic (exact) mass is 420 g/mol. The first-order chi connectivity index (χ1) is 13.7. The van der Waals surface area contributed by atoms with Crippen molar-refractivity contribution in [2.24, 2.45) is 7.05 Å². The summed E-state index contributed by atoms with van der Waals surface area (Å²) < 4.78 is 42.0. The topological polar surface area (TPSA) is 46.5 Å². The molecule has 0 unspecified atom stereocenters. The molecule has 150 valence electrons. The van der Waals surface area contributed by atoms with Crippen molar-refractivity contribution in [1.29, 1.82) is 0 Å². The fourth-order valence-electron chi connectivity index (χ4n) is 3.70. The molecule has 0 amide bonds. The van der Waals surface area contributed by atoms with Gasteiger partial charge in [-0.1, -0.05) is 31.2 Å². The SMILES string of the molecule is Cn1nc(C2(C)CC2)cc1-c1nc2cc(-c3ccccc3C(F)(F)F)ccc2[nH]1.[NaH]. The minimum absolute atomic E-state index is 0. The van der Waals surface area contributed by atoms with Crippen LogP contribution in [0.5, 0.6) is 0 Å². The molecule has 8 heteroatoms. The van der Waals surface area contributed by atoms with Gasteiger partial charge in [-0.25, -0.2) is 4.98 Å². The third kappa shape index (κ3) is 3.59. The summed E-state index contributed by atoms with van der Waals surface area (Å²) in [4.78, 5) is 7.91. The van der Waals surface area contributed by atoms with Crippen molar-refractivity contribution < 1.29 is 13.2 Å². The van der Waals surface area contributed by atoms with Gasteiger partial charge in [0.1, 0.15) is 5.69 Å². The van der Waals surface area contributed by atoms with Gasteiger partial charge >= 0.3 is 35.7 Å². The van der Waals surface area contributed by atoms with Crippen LogP contribution in [0.2, 0.25) is 0 Å². The fraction of sp³-hybridized carbons (Fsp3) is 0.273. The number of imidazole rings is 1. The van der Waals surface area contributed by atoms with E-state index in [0.717, 1.165) is 35.8 Å². The molecule has 2 aromatic carbocycles. The molecule has 2 heterocycles. The third-order valence-corrected chi connectivity index (χ3v) is 5.77. The Bertz CT molecular complexity index is 1230. The first-order valence-corrected chi connectivity index (χ1v) is 9.46. The number of alkyl halides is 3.